The first-order valence-corrected chi connectivity index (χ1v) is 22.5. The molecule has 10 rings (SSSR count). The maximum absolute atomic E-state index is 6.10. The molecule has 0 aliphatic carbocycles. The Balaban J connectivity index is 1.09. The molecule has 0 amide bonds. The average molecular weight is 858 g/mol. The number of fused-ring (bicyclic) bond motifs is 1. The SMILES string of the molecule is CC(C)(C)c1ccc(-c2ccc(-c3ccc(C(C)(C)C)cc3)c3nc(-c4ccc(N(c5ccccc5)c5ccc(-c6nnc(-c7ccccc7)o6)cc5)cc4)c(-c4ccccc4)nc23)cc1. The first kappa shape index (κ1) is 42.0. The van der Waals surface area contributed by atoms with Crippen molar-refractivity contribution < 1.29 is 4.42 Å². The molecule has 0 saturated heterocycles. The van der Waals surface area contributed by atoms with E-state index in [1.54, 1.807) is 0 Å². The van der Waals surface area contributed by atoms with E-state index in [0.717, 1.165) is 84.0 Å². The summed E-state index contributed by atoms with van der Waals surface area (Å²) in [5.74, 6) is 0.960. The molecule has 0 atom stereocenters. The maximum atomic E-state index is 6.10. The van der Waals surface area contributed by atoms with E-state index < -0.39 is 0 Å². The molecule has 0 N–H and O–H groups in total. The molecule has 0 saturated carbocycles. The minimum absolute atomic E-state index is 0.0370. The maximum Gasteiger partial charge on any atom is 0.248 e. The third-order valence-corrected chi connectivity index (χ3v) is 12.2. The van der Waals surface area contributed by atoms with Gasteiger partial charge in [-0.15, -0.1) is 10.2 Å². The summed E-state index contributed by atoms with van der Waals surface area (Å²) in [5, 5.41) is 8.68. The van der Waals surface area contributed by atoms with Crippen molar-refractivity contribution in [2.24, 2.45) is 0 Å². The Hall–Kier alpha value is -7.96. The van der Waals surface area contributed by atoms with Gasteiger partial charge in [0.25, 0.3) is 0 Å². The monoisotopic (exact) mass is 857 g/mol. The molecule has 0 bridgehead atoms. The Morgan fingerprint density at radius 2 is 0.667 bits per heavy atom. The van der Waals surface area contributed by atoms with Gasteiger partial charge < -0.3 is 9.32 Å². The molecule has 8 aromatic carbocycles. The molecular weight excluding hydrogens is 807 g/mol. The third kappa shape index (κ3) is 8.41. The molecule has 0 aliphatic heterocycles. The predicted molar refractivity (Wildman–Crippen MR) is 272 cm³/mol. The summed E-state index contributed by atoms with van der Waals surface area (Å²) in [6.45, 7) is 13.5. The Labute approximate surface area is 387 Å². The summed E-state index contributed by atoms with van der Waals surface area (Å²) in [6.07, 6.45) is 0. The third-order valence-electron chi connectivity index (χ3n) is 12.2. The van der Waals surface area contributed by atoms with Crippen molar-refractivity contribution in [2.45, 2.75) is 52.4 Å². The van der Waals surface area contributed by atoms with E-state index in [-0.39, 0.29) is 10.8 Å². The molecule has 10 aromatic rings. The van der Waals surface area contributed by atoms with Crippen LogP contribution in [0.2, 0.25) is 0 Å². The molecule has 0 spiro atoms. The van der Waals surface area contributed by atoms with Crippen LogP contribution in [-0.4, -0.2) is 20.2 Å². The van der Waals surface area contributed by atoms with Crippen molar-refractivity contribution in [1.82, 2.24) is 20.2 Å². The lowest BCUT2D eigenvalue weighted by Gasteiger charge is -2.26. The van der Waals surface area contributed by atoms with Gasteiger partial charge in [-0.2, -0.15) is 0 Å². The van der Waals surface area contributed by atoms with E-state index in [2.05, 4.69) is 202 Å². The van der Waals surface area contributed by atoms with Gasteiger partial charge in [-0.05, 0) is 93.7 Å². The van der Waals surface area contributed by atoms with Crippen LogP contribution in [0.1, 0.15) is 52.7 Å². The first-order chi connectivity index (χ1) is 32.0. The Morgan fingerprint density at radius 3 is 1.09 bits per heavy atom. The highest BCUT2D eigenvalue weighted by Crippen LogP contribution is 2.42. The number of rotatable bonds is 9. The highest BCUT2D eigenvalue weighted by atomic mass is 16.4. The molecule has 0 unspecified atom stereocenters. The molecule has 66 heavy (non-hydrogen) atoms. The summed E-state index contributed by atoms with van der Waals surface area (Å²) in [5.41, 5.74) is 17.0. The standard InChI is InChI=1S/C60H51N5O/c1-59(2,3)46-30-22-40(23-31-46)51-38-39-52(41-24-32-47(33-25-41)60(4,5)6)56-55(51)61-53(42-16-10-7-11-17-42)54(62-56)43-26-34-49(35-27-43)65(48-20-14-9-15-21-48)50-36-28-45(29-37-50)58-64-63-57(66-58)44-18-12-8-13-19-44/h7-39H,1-6H3. The van der Waals surface area contributed by atoms with Crippen LogP contribution in [-0.2, 0) is 10.8 Å². The van der Waals surface area contributed by atoms with Crippen molar-refractivity contribution in [2.75, 3.05) is 4.90 Å². The number of hydrogen-bond donors (Lipinski definition) is 0. The van der Waals surface area contributed by atoms with E-state index in [1.165, 1.54) is 11.1 Å². The van der Waals surface area contributed by atoms with Crippen molar-refractivity contribution in [1.29, 1.82) is 0 Å². The summed E-state index contributed by atoms with van der Waals surface area (Å²) in [4.78, 5) is 13.5. The summed E-state index contributed by atoms with van der Waals surface area (Å²) < 4.78 is 6.10. The minimum Gasteiger partial charge on any atom is -0.416 e. The summed E-state index contributed by atoms with van der Waals surface area (Å²) >= 11 is 0. The van der Waals surface area contributed by atoms with Crippen molar-refractivity contribution in [3.05, 3.63) is 211 Å². The topological polar surface area (TPSA) is 67.9 Å². The van der Waals surface area contributed by atoms with Crippen LogP contribution >= 0.6 is 0 Å². The highest BCUT2D eigenvalue weighted by Gasteiger charge is 2.22. The van der Waals surface area contributed by atoms with Crippen LogP contribution in [0.15, 0.2) is 205 Å². The number of benzene rings is 8. The summed E-state index contributed by atoms with van der Waals surface area (Å²) in [6, 6.07) is 69.9. The highest BCUT2D eigenvalue weighted by molar-refractivity contribution is 6.03. The molecule has 0 radical (unpaired) electrons. The van der Waals surface area contributed by atoms with Gasteiger partial charge in [0.2, 0.25) is 11.8 Å². The molecule has 0 fully saturated rings. The molecule has 2 aromatic heterocycles. The van der Waals surface area contributed by atoms with Crippen LogP contribution in [0.3, 0.4) is 0 Å². The number of anilines is 3. The zero-order valence-corrected chi connectivity index (χ0v) is 38.2. The van der Waals surface area contributed by atoms with E-state index in [9.17, 15) is 0 Å². The normalized spacial score (nSPS) is 11.8. The van der Waals surface area contributed by atoms with Gasteiger partial charge in [0.05, 0.1) is 22.4 Å². The fourth-order valence-corrected chi connectivity index (χ4v) is 8.48. The second kappa shape index (κ2) is 17.2. The number of aromatic nitrogens is 4. The van der Waals surface area contributed by atoms with Gasteiger partial charge in [0, 0.05) is 50.4 Å². The summed E-state index contributed by atoms with van der Waals surface area (Å²) in [7, 11) is 0. The van der Waals surface area contributed by atoms with Crippen LogP contribution in [0.5, 0.6) is 0 Å². The fourth-order valence-electron chi connectivity index (χ4n) is 8.48. The number of para-hydroxylation sites is 1. The van der Waals surface area contributed by atoms with Gasteiger partial charge in [-0.25, -0.2) is 9.97 Å². The second-order valence-electron chi connectivity index (χ2n) is 18.8. The van der Waals surface area contributed by atoms with E-state index in [0.29, 0.717) is 11.8 Å². The molecular formula is C60H51N5O. The Bertz CT molecular complexity index is 3260. The van der Waals surface area contributed by atoms with E-state index >= 15 is 0 Å². The minimum atomic E-state index is 0.0370. The molecule has 2 heterocycles. The van der Waals surface area contributed by atoms with Gasteiger partial charge in [0.1, 0.15) is 0 Å². The van der Waals surface area contributed by atoms with E-state index in [1.807, 2.05) is 54.6 Å². The van der Waals surface area contributed by atoms with Crippen molar-refractivity contribution >= 4 is 28.1 Å². The Morgan fingerprint density at radius 1 is 0.333 bits per heavy atom. The van der Waals surface area contributed by atoms with Gasteiger partial charge >= 0.3 is 0 Å². The van der Waals surface area contributed by atoms with Crippen molar-refractivity contribution in [3.63, 3.8) is 0 Å². The van der Waals surface area contributed by atoms with Crippen LogP contribution in [0.4, 0.5) is 17.1 Å². The van der Waals surface area contributed by atoms with Gasteiger partial charge in [0.15, 0.2) is 0 Å². The van der Waals surface area contributed by atoms with Crippen LogP contribution < -0.4 is 4.90 Å². The fraction of sp³-hybridized carbons (Fsp3) is 0.133. The van der Waals surface area contributed by atoms with Gasteiger partial charge in [-0.1, -0.05) is 181 Å². The van der Waals surface area contributed by atoms with Crippen LogP contribution in [0.25, 0.3) is 78.7 Å². The molecule has 0 aliphatic rings. The molecule has 6 heteroatoms. The number of nitrogens with zero attached hydrogens (tertiary/aromatic N) is 5. The molecule has 6 nitrogen and oxygen atoms in total. The van der Waals surface area contributed by atoms with E-state index in [4.69, 9.17) is 14.4 Å². The van der Waals surface area contributed by atoms with Crippen molar-refractivity contribution in [3.8, 4) is 67.7 Å². The lowest BCUT2D eigenvalue weighted by atomic mass is 9.85. The zero-order chi connectivity index (χ0) is 45.4. The lowest BCUT2D eigenvalue weighted by molar-refractivity contribution is 0.584. The molecule has 322 valence electrons. The zero-order valence-electron chi connectivity index (χ0n) is 38.2. The average Bonchev–Trinajstić information content (AvgIpc) is 3.85. The lowest BCUT2D eigenvalue weighted by Crippen LogP contribution is -2.10. The smallest absolute Gasteiger partial charge is 0.248 e. The first-order valence-electron chi connectivity index (χ1n) is 22.5. The quantitative estimate of drug-likeness (QED) is 0.144. The number of hydrogen-bond acceptors (Lipinski definition) is 6. The second-order valence-corrected chi connectivity index (χ2v) is 18.8. The Kier molecular flexibility index (Phi) is 11.0. The predicted octanol–water partition coefficient (Wildman–Crippen LogP) is 16.1. The van der Waals surface area contributed by atoms with Crippen LogP contribution in [0, 0.1) is 0 Å². The van der Waals surface area contributed by atoms with Gasteiger partial charge in [-0.3, -0.25) is 0 Å². The largest absolute Gasteiger partial charge is 0.416 e.